The monoisotopic (exact) mass is 428 g/mol. The molecule has 1 heterocycles. The van der Waals surface area contributed by atoms with Gasteiger partial charge in [-0.3, -0.25) is 9.36 Å². The number of carbonyl (C=O) groups excluding carboxylic acids is 1. The van der Waals surface area contributed by atoms with E-state index in [0.29, 0.717) is 12.2 Å². The molecule has 1 unspecified atom stereocenters. The van der Waals surface area contributed by atoms with Gasteiger partial charge >= 0.3 is 13.5 Å². The molecule has 2 aromatic carbocycles. The summed E-state index contributed by atoms with van der Waals surface area (Å²) in [5.41, 5.74) is 1.66. The lowest BCUT2D eigenvalue weighted by Gasteiger charge is -2.24. The van der Waals surface area contributed by atoms with Gasteiger partial charge in [0, 0.05) is 24.3 Å². The van der Waals surface area contributed by atoms with E-state index in [-0.39, 0.29) is 12.0 Å². The zero-order valence-corrected chi connectivity index (χ0v) is 18.7. The van der Waals surface area contributed by atoms with Crippen molar-refractivity contribution < 1.29 is 18.6 Å². The van der Waals surface area contributed by atoms with E-state index in [2.05, 4.69) is 10.1 Å². The average Bonchev–Trinajstić information content (AvgIpc) is 3.07. The van der Waals surface area contributed by atoms with Gasteiger partial charge in [0.15, 0.2) is 0 Å². The van der Waals surface area contributed by atoms with Crippen molar-refractivity contribution in [3.8, 4) is 5.75 Å². The normalized spacial score (nSPS) is 14.8. The summed E-state index contributed by atoms with van der Waals surface area (Å²) >= 11 is 0. The van der Waals surface area contributed by atoms with E-state index in [0.717, 1.165) is 16.6 Å². The van der Waals surface area contributed by atoms with Crippen LogP contribution >= 0.6 is 7.52 Å². The first-order valence-electron chi connectivity index (χ1n) is 9.95. The fourth-order valence-electron chi connectivity index (χ4n) is 3.03. The van der Waals surface area contributed by atoms with E-state index in [9.17, 15) is 9.36 Å². The molecule has 3 aromatic rings. The fraction of sp³-hybridized carbons (Fsp3) is 0.348. The molecular weight excluding hydrogens is 399 g/mol. The van der Waals surface area contributed by atoms with Gasteiger partial charge < -0.3 is 14.2 Å². The number of ether oxygens (including phenoxy) is 1. The van der Waals surface area contributed by atoms with Crippen LogP contribution in [0.4, 0.5) is 0 Å². The Morgan fingerprint density at radius 2 is 1.77 bits per heavy atom. The number of benzene rings is 2. The van der Waals surface area contributed by atoms with Gasteiger partial charge in [0.25, 0.3) is 0 Å². The summed E-state index contributed by atoms with van der Waals surface area (Å²) in [6.07, 6.45) is 0.299. The number of rotatable bonds is 8. The van der Waals surface area contributed by atoms with Crippen LogP contribution in [0.15, 0.2) is 60.7 Å². The largest absolute Gasteiger partial charge is 0.464 e. The van der Waals surface area contributed by atoms with Gasteiger partial charge in [-0.15, -0.1) is 0 Å². The smallest absolute Gasteiger partial charge is 0.324 e. The minimum absolute atomic E-state index is 0.169. The number of H-pyrrole nitrogens is 1. The number of aromatic nitrogens is 1. The third-order valence-corrected chi connectivity index (χ3v) is 5.69. The zero-order valence-electron chi connectivity index (χ0n) is 17.8. The number of esters is 1. The minimum atomic E-state index is -3.33. The van der Waals surface area contributed by atoms with Gasteiger partial charge in [-0.2, -0.15) is 0 Å². The van der Waals surface area contributed by atoms with Crippen LogP contribution in [-0.2, 0) is 20.5 Å². The topological polar surface area (TPSA) is 80.4 Å². The third-order valence-electron chi connectivity index (χ3n) is 4.35. The predicted molar refractivity (Wildman–Crippen MR) is 120 cm³/mol. The molecule has 0 fully saturated rings. The highest BCUT2D eigenvalue weighted by Crippen LogP contribution is 2.39. The van der Waals surface area contributed by atoms with Crippen LogP contribution in [0.25, 0.3) is 10.9 Å². The maximum absolute atomic E-state index is 13.1. The average molecular weight is 428 g/mol. The standard InChI is InChI=1S/C23H29N2O4P/c1-23(2,3)16-28-22(26)21(15-18-14-17-10-8-9-13-20(17)24-18)25-30(4,27)29-19-11-6-5-7-12-19/h5-14,21,24H,15-16H2,1-4H3,(H,25,27)/t21-,30?/m0/s1. The Labute approximate surface area is 177 Å². The molecule has 3 rings (SSSR count). The molecule has 0 aliphatic carbocycles. The highest BCUT2D eigenvalue weighted by Gasteiger charge is 2.30. The summed E-state index contributed by atoms with van der Waals surface area (Å²) in [5.74, 6) is 0.0190. The van der Waals surface area contributed by atoms with Crippen molar-refractivity contribution in [3.05, 3.63) is 66.4 Å². The van der Waals surface area contributed by atoms with Crippen molar-refractivity contribution in [3.63, 3.8) is 0 Å². The molecule has 2 N–H and O–H groups in total. The Morgan fingerprint density at radius 1 is 1.10 bits per heavy atom. The lowest BCUT2D eigenvalue weighted by molar-refractivity contribution is -0.148. The molecule has 6 nitrogen and oxygen atoms in total. The van der Waals surface area contributed by atoms with Crippen molar-refractivity contribution in [2.75, 3.05) is 13.3 Å². The van der Waals surface area contributed by atoms with Crippen molar-refractivity contribution in [2.45, 2.75) is 33.2 Å². The first-order valence-corrected chi connectivity index (χ1v) is 12.0. The van der Waals surface area contributed by atoms with E-state index >= 15 is 0 Å². The number of nitrogens with one attached hydrogen (secondary N) is 2. The molecule has 0 bridgehead atoms. The molecule has 7 heteroatoms. The highest BCUT2D eigenvalue weighted by molar-refractivity contribution is 7.56. The van der Waals surface area contributed by atoms with Crippen LogP contribution in [-0.4, -0.2) is 30.3 Å². The Bertz CT molecular complexity index is 1010. The molecule has 0 spiro atoms. The summed E-state index contributed by atoms with van der Waals surface area (Å²) < 4.78 is 24.3. The molecule has 2 atom stereocenters. The van der Waals surface area contributed by atoms with E-state index in [1.807, 2.05) is 57.2 Å². The zero-order chi connectivity index (χ0) is 21.8. The number of fused-ring (bicyclic) bond motifs is 1. The van der Waals surface area contributed by atoms with Gasteiger partial charge in [0.05, 0.1) is 6.61 Å². The first-order chi connectivity index (χ1) is 14.1. The summed E-state index contributed by atoms with van der Waals surface area (Å²) in [7, 11) is -3.33. The molecule has 30 heavy (non-hydrogen) atoms. The van der Waals surface area contributed by atoms with Crippen LogP contribution in [0.5, 0.6) is 5.75 Å². The van der Waals surface area contributed by atoms with E-state index in [1.165, 1.54) is 6.66 Å². The second-order valence-electron chi connectivity index (χ2n) is 8.69. The van der Waals surface area contributed by atoms with Crippen LogP contribution in [0.1, 0.15) is 26.5 Å². The molecular formula is C23H29N2O4P. The lowest BCUT2D eigenvalue weighted by Crippen LogP contribution is -2.40. The summed E-state index contributed by atoms with van der Waals surface area (Å²) in [5, 5.41) is 3.96. The molecule has 0 aliphatic rings. The lowest BCUT2D eigenvalue weighted by atomic mass is 9.99. The van der Waals surface area contributed by atoms with Crippen LogP contribution in [0, 0.1) is 5.41 Å². The Kier molecular flexibility index (Phi) is 6.69. The number of aromatic amines is 1. The van der Waals surface area contributed by atoms with Crippen LogP contribution in [0.3, 0.4) is 0 Å². The van der Waals surface area contributed by atoms with E-state index in [4.69, 9.17) is 9.26 Å². The summed E-state index contributed by atoms with van der Waals surface area (Å²) in [6, 6.07) is 17.9. The van der Waals surface area contributed by atoms with Crippen molar-refractivity contribution in [1.29, 1.82) is 0 Å². The van der Waals surface area contributed by atoms with Crippen molar-refractivity contribution in [2.24, 2.45) is 5.41 Å². The predicted octanol–water partition coefficient (Wildman–Crippen LogP) is 5.16. The van der Waals surface area contributed by atoms with E-state index < -0.39 is 19.5 Å². The van der Waals surface area contributed by atoms with Crippen LogP contribution < -0.4 is 9.61 Å². The maximum atomic E-state index is 13.1. The van der Waals surface area contributed by atoms with Gasteiger partial charge in [0.2, 0.25) is 0 Å². The molecule has 0 radical (unpaired) electrons. The van der Waals surface area contributed by atoms with Crippen molar-refractivity contribution >= 4 is 24.4 Å². The quantitative estimate of drug-likeness (QED) is 0.383. The van der Waals surface area contributed by atoms with Crippen molar-refractivity contribution in [1.82, 2.24) is 10.1 Å². The molecule has 1 aromatic heterocycles. The van der Waals surface area contributed by atoms with E-state index in [1.54, 1.807) is 24.3 Å². The second kappa shape index (κ2) is 9.07. The van der Waals surface area contributed by atoms with Gasteiger partial charge in [-0.05, 0) is 35.1 Å². The highest BCUT2D eigenvalue weighted by atomic mass is 31.2. The van der Waals surface area contributed by atoms with Gasteiger partial charge in [-0.25, -0.2) is 5.09 Å². The van der Waals surface area contributed by atoms with Gasteiger partial charge in [-0.1, -0.05) is 57.2 Å². The maximum Gasteiger partial charge on any atom is 0.324 e. The molecule has 0 aliphatic heterocycles. The Balaban J connectivity index is 1.79. The summed E-state index contributed by atoms with van der Waals surface area (Å²) in [4.78, 5) is 16.2. The third kappa shape index (κ3) is 6.48. The Hall–Kier alpha value is -2.56. The number of para-hydroxylation sites is 2. The Morgan fingerprint density at radius 3 is 2.43 bits per heavy atom. The first kappa shape index (κ1) is 22.1. The second-order valence-corrected chi connectivity index (χ2v) is 10.8. The van der Waals surface area contributed by atoms with Crippen LogP contribution in [0.2, 0.25) is 0 Å². The summed E-state index contributed by atoms with van der Waals surface area (Å²) in [6.45, 7) is 7.70. The number of hydrogen-bond acceptors (Lipinski definition) is 4. The fourth-order valence-corrected chi connectivity index (χ4v) is 4.36. The SMILES string of the molecule is CC(C)(C)COC(=O)[C@H](Cc1cc2ccccc2[nH]1)NP(C)(=O)Oc1ccccc1. The number of hydrogen-bond donors (Lipinski definition) is 2. The molecule has 160 valence electrons. The van der Waals surface area contributed by atoms with Gasteiger partial charge in [0.1, 0.15) is 11.8 Å². The molecule has 0 saturated carbocycles. The number of carbonyl (C=O) groups is 1. The minimum Gasteiger partial charge on any atom is -0.464 e. The molecule has 0 saturated heterocycles. The molecule has 0 amide bonds.